The van der Waals surface area contributed by atoms with Crippen LogP contribution in [0.25, 0.3) is 0 Å². The van der Waals surface area contributed by atoms with Crippen LogP contribution in [0.1, 0.15) is 10.4 Å². The van der Waals surface area contributed by atoms with Crippen molar-refractivity contribution in [1.82, 2.24) is 0 Å². The van der Waals surface area contributed by atoms with Gasteiger partial charge in [0.25, 0.3) is 0 Å². The molecule has 0 bridgehead atoms. The van der Waals surface area contributed by atoms with Crippen LogP contribution in [-0.4, -0.2) is 23.8 Å². The van der Waals surface area contributed by atoms with E-state index in [4.69, 9.17) is 28.3 Å². The SMILES string of the molecule is C=CCOC(=O)Nc1c(Cl)ccc(Cl)c1C(=O)O. The second-order valence-corrected chi connectivity index (χ2v) is 3.91. The van der Waals surface area contributed by atoms with Gasteiger partial charge in [0.15, 0.2) is 0 Å². The van der Waals surface area contributed by atoms with Crippen molar-refractivity contribution in [2.24, 2.45) is 0 Å². The number of carbonyl (C=O) groups is 2. The zero-order valence-electron chi connectivity index (χ0n) is 9.07. The number of hydrogen-bond donors (Lipinski definition) is 2. The van der Waals surface area contributed by atoms with Crippen molar-refractivity contribution in [1.29, 1.82) is 0 Å². The molecule has 18 heavy (non-hydrogen) atoms. The van der Waals surface area contributed by atoms with E-state index in [2.05, 4.69) is 16.6 Å². The molecule has 1 aromatic carbocycles. The standard InChI is InChI=1S/C11H9Cl2NO4/c1-2-5-18-11(17)14-9-7(13)4-3-6(12)8(9)10(15)16/h2-4H,1,5H2,(H,14,17)(H,15,16). The molecule has 0 aliphatic heterocycles. The maximum absolute atomic E-state index is 11.3. The van der Waals surface area contributed by atoms with Crippen LogP contribution in [0.5, 0.6) is 0 Å². The number of ether oxygens (including phenoxy) is 1. The molecule has 7 heteroatoms. The highest BCUT2D eigenvalue weighted by molar-refractivity contribution is 6.38. The van der Waals surface area contributed by atoms with Gasteiger partial charge >= 0.3 is 12.1 Å². The topological polar surface area (TPSA) is 75.6 Å². The number of amides is 1. The number of aromatic carboxylic acids is 1. The third-order valence-corrected chi connectivity index (χ3v) is 2.51. The Kier molecular flexibility index (Phi) is 5.00. The molecule has 5 nitrogen and oxygen atoms in total. The van der Waals surface area contributed by atoms with Crippen molar-refractivity contribution in [3.63, 3.8) is 0 Å². The molecule has 0 aromatic heterocycles. The quantitative estimate of drug-likeness (QED) is 0.833. The lowest BCUT2D eigenvalue weighted by molar-refractivity contribution is 0.0698. The van der Waals surface area contributed by atoms with Gasteiger partial charge in [-0.1, -0.05) is 35.9 Å². The molecule has 0 unspecified atom stereocenters. The van der Waals surface area contributed by atoms with E-state index in [1.54, 1.807) is 0 Å². The molecule has 0 saturated heterocycles. The van der Waals surface area contributed by atoms with Gasteiger partial charge in [-0.25, -0.2) is 9.59 Å². The Bertz CT molecular complexity index is 502. The van der Waals surface area contributed by atoms with Gasteiger partial charge in [0, 0.05) is 0 Å². The molecule has 0 saturated carbocycles. The Hall–Kier alpha value is -1.72. The number of anilines is 1. The maximum atomic E-state index is 11.3. The van der Waals surface area contributed by atoms with Gasteiger partial charge in [0.05, 0.1) is 15.7 Å². The van der Waals surface area contributed by atoms with Crippen LogP contribution >= 0.6 is 23.2 Å². The molecule has 1 rings (SSSR count). The number of rotatable bonds is 4. The maximum Gasteiger partial charge on any atom is 0.412 e. The molecule has 2 N–H and O–H groups in total. The number of carbonyl (C=O) groups excluding carboxylic acids is 1. The van der Waals surface area contributed by atoms with Crippen molar-refractivity contribution >= 4 is 41.0 Å². The molecule has 1 amide bonds. The Morgan fingerprint density at radius 2 is 2.00 bits per heavy atom. The van der Waals surface area contributed by atoms with E-state index in [1.165, 1.54) is 18.2 Å². The molecule has 0 radical (unpaired) electrons. The first-order valence-electron chi connectivity index (χ1n) is 4.73. The van der Waals surface area contributed by atoms with Crippen LogP contribution in [0, 0.1) is 0 Å². The summed E-state index contributed by atoms with van der Waals surface area (Å²) in [5.41, 5.74) is -0.398. The highest BCUT2D eigenvalue weighted by Gasteiger charge is 2.19. The largest absolute Gasteiger partial charge is 0.478 e. The average Bonchev–Trinajstić information content (AvgIpc) is 2.30. The van der Waals surface area contributed by atoms with Crippen LogP contribution in [0.3, 0.4) is 0 Å². The summed E-state index contributed by atoms with van der Waals surface area (Å²) in [4.78, 5) is 22.4. The third-order valence-electron chi connectivity index (χ3n) is 1.88. The monoisotopic (exact) mass is 289 g/mol. The average molecular weight is 290 g/mol. The second-order valence-electron chi connectivity index (χ2n) is 3.10. The Labute approximate surface area is 113 Å². The van der Waals surface area contributed by atoms with Gasteiger partial charge in [-0.15, -0.1) is 0 Å². The fraction of sp³-hybridized carbons (Fsp3) is 0.0909. The van der Waals surface area contributed by atoms with Crippen LogP contribution in [-0.2, 0) is 4.74 Å². The summed E-state index contributed by atoms with van der Waals surface area (Å²) < 4.78 is 4.66. The van der Waals surface area contributed by atoms with Gasteiger partial charge in [-0.3, -0.25) is 5.32 Å². The number of nitrogens with one attached hydrogen (secondary N) is 1. The summed E-state index contributed by atoms with van der Waals surface area (Å²) in [6.07, 6.45) is 0.527. The van der Waals surface area contributed by atoms with Gasteiger partial charge in [-0.2, -0.15) is 0 Å². The van der Waals surface area contributed by atoms with E-state index in [0.717, 1.165) is 0 Å². The molecule has 0 aliphatic carbocycles. The summed E-state index contributed by atoms with van der Waals surface area (Å²) >= 11 is 11.5. The highest BCUT2D eigenvalue weighted by atomic mass is 35.5. The highest BCUT2D eigenvalue weighted by Crippen LogP contribution is 2.31. The van der Waals surface area contributed by atoms with Crippen molar-refractivity contribution < 1.29 is 19.4 Å². The van der Waals surface area contributed by atoms with Gasteiger partial charge < -0.3 is 9.84 Å². The normalized spacial score (nSPS) is 9.67. The number of hydrogen-bond acceptors (Lipinski definition) is 3. The minimum Gasteiger partial charge on any atom is -0.478 e. The smallest absolute Gasteiger partial charge is 0.412 e. The van der Waals surface area contributed by atoms with Crippen LogP contribution in [0.15, 0.2) is 24.8 Å². The van der Waals surface area contributed by atoms with E-state index in [1.807, 2.05) is 0 Å². The van der Waals surface area contributed by atoms with E-state index in [0.29, 0.717) is 0 Å². The molecule has 0 heterocycles. The second kappa shape index (κ2) is 6.28. The van der Waals surface area contributed by atoms with Crippen molar-refractivity contribution in [2.75, 3.05) is 11.9 Å². The Morgan fingerprint density at radius 3 is 2.56 bits per heavy atom. The lowest BCUT2D eigenvalue weighted by Crippen LogP contribution is -2.16. The van der Waals surface area contributed by atoms with Crippen molar-refractivity contribution in [3.05, 3.63) is 40.4 Å². The summed E-state index contributed by atoms with van der Waals surface area (Å²) in [6.45, 7) is 3.36. The first-order chi connectivity index (χ1) is 8.47. The Balaban J connectivity index is 3.07. The fourth-order valence-electron chi connectivity index (χ4n) is 1.16. The first kappa shape index (κ1) is 14.3. The summed E-state index contributed by atoms with van der Waals surface area (Å²) in [6, 6.07) is 2.70. The lowest BCUT2D eigenvalue weighted by Gasteiger charge is -2.11. The summed E-state index contributed by atoms with van der Waals surface area (Å²) in [5, 5.41) is 11.3. The zero-order valence-corrected chi connectivity index (χ0v) is 10.6. The lowest BCUT2D eigenvalue weighted by atomic mass is 10.2. The number of carboxylic acid groups (broad SMARTS) is 1. The molecule has 0 atom stereocenters. The predicted molar refractivity (Wildman–Crippen MR) is 68.6 cm³/mol. The van der Waals surface area contributed by atoms with E-state index in [9.17, 15) is 9.59 Å². The molecule has 0 fully saturated rings. The minimum absolute atomic E-state index is 0.00752. The van der Waals surface area contributed by atoms with Gasteiger partial charge in [0.1, 0.15) is 12.2 Å². The summed E-state index contributed by atoms with van der Waals surface area (Å²) in [7, 11) is 0. The molecular weight excluding hydrogens is 281 g/mol. The third kappa shape index (κ3) is 3.38. The van der Waals surface area contributed by atoms with Crippen LogP contribution < -0.4 is 5.32 Å². The number of halogens is 2. The zero-order chi connectivity index (χ0) is 13.7. The Morgan fingerprint density at radius 1 is 1.39 bits per heavy atom. The van der Waals surface area contributed by atoms with Crippen LogP contribution in [0.4, 0.5) is 10.5 Å². The van der Waals surface area contributed by atoms with E-state index >= 15 is 0 Å². The first-order valence-corrected chi connectivity index (χ1v) is 5.49. The van der Waals surface area contributed by atoms with Crippen molar-refractivity contribution in [3.8, 4) is 0 Å². The molecule has 96 valence electrons. The number of benzene rings is 1. The summed E-state index contributed by atoms with van der Waals surface area (Å²) in [5.74, 6) is -1.30. The van der Waals surface area contributed by atoms with Crippen molar-refractivity contribution in [2.45, 2.75) is 0 Å². The minimum atomic E-state index is -1.30. The molecule has 0 spiro atoms. The predicted octanol–water partition coefficient (Wildman–Crippen LogP) is 3.43. The van der Waals surface area contributed by atoms with Crippen LogP contribution in [0.2, 0.25) is 10.0 Å². The van der Waals surface area contributed by atoms with Gasteiger partial charge in [-0.05, 0) is 12.1 Å². The van der Waals surface area contributed by atoms with E-state index < -0.39 is 12.1 Å². The molecular formula is C11H9Cl2NO4. The molecule has 0 aliphatic rings. The van der Waals surface area contributed by atoms with E-state index in [-0.39, 0.29) is 27.9 Å². The van der Waals surface area contributed by atoms with Gasteiger partial charge in [0.2, 0.25) is 0 Å². The fourth-order valence-corrected chi connectivity index (χ4v) is 1.60. The molecule has 1 aromatic rings. The number of carboxylic acids is 1.